The monoisotopic (exact) mass is 206 g/mol. The molecular weight excluding hydrogens is 192 g/mol. The lowest BCUT2D eigenvalue weighted by molar-refractivity contribution is 0.459. The predicted octanol–water partition coefficient (Wildman–Crippen LogP) is 1.20. The molecule has 80 valence electrons. The van der Waals surface area contributed by atoms with Gasteiger partial charge in [-0.2, -0.15) is 0 Å². The number of nitrogens with one attached hydrogen (secondary N) is 1. The van der Waals surface area contributed by atoms with Gasteiger partial charge in [0.1, 0.15) is 0 Å². The molecule has 1 atom stereocenters. The number of aromatic nitrogens is 1. The van der Waals surface area contributed by atoms with Crippen LogP contribution >= 0.6 is 0 Å². The van der Waals surface area contributed by atoms with Gasteiger partial charge in [0, 0.05) is 12.6 Å². The molecule has 1 aromatic carbocycles. The quantitative estimate of drug-likeness (QED) is 0.821. The van der Waals surface area contributed by atoms with Crippen LogP contribution in [0.2, 0.25) is 0 Å². The Labute approximate surface area is 87.5 Å². The molecule has 1 heterocycles. The van der Waals surface area contributed by atoms with Gasteiger partial charge in [-0.05, 0) is 26.1 Å². The minimum Gasteiger partial charge on any atom is -0.408 e. The molecule has 4 heteroatoms. The molecule has 1 N–H and O–H groups in total. The average Bonchev–Trinajstić information content (AvgIpc) is 2.55. The minimum absolute atomic E-state index is 0.240. The van der Waals surface area contributed by atoms with Gasteiger partial charge in [0.2, 0.25) is 0 Å². The van der Waals surface area contributed by atoms with Crippen LogP contribution in [0.4, 0.5) is 0 Å². The van der Waals surface area contributed by atoms with Crippen LogP contribution in [0, 0.1) is 0 Å². The van der Waals surface area contributed by atoms with Crippen LogP contribution in [0.25, 0.3) is 11.1 Å². The first kappa shape index (κ1) is 9.98. The number of rotatable bonds is 3. The third kappa shape index (κ3) is 1.80. The molecule has 0 saturated heterocycles. The molecule has 0 aliphatic heterocycles. The van der Waals surface area contributed by atoms with E-state index in [1.54, 1.807) is 10.6 Å². The number of hydrogen-bond donors (Lipinski definition) is 1. The van der Waals surface area contributed by atoms with E-state index in [1.807, 2.05) is 32.2 Å². The fourth-order valence-electron chi connectivity index (χ4n) is 1.55. The van der Waals surface area contributed by atoms with E-state index in [4.69, 9.17) is 4.42 Å². The summed E-state index contributed by atoms with van der Waals surface area (Å²) in [6.07, 6.45) is 0. The van der Waals surface area contributed by atoms with Crippen LogP contribution in [0.15, 0.2) is 33.5 Å². The predicted molar refractivity (Wildman–Crippen MR) is 59.0 cm³/mol. The van der Waals surface area contributed by atoms with E-state index < -0.39 is 0 Å². The molecule has 2 rings (SSSR count). The Balaban J connectivity index is 2.50. The molecule has 0 aliphatic rings. The van der Waals surface area contributed by atoms with Gasteiger partial charge < -0.3 is 9.73 Å². The molecule has 0 saturated carbocycles. The van der Waals surface area contributed by atoms with Crippen molar-refractivity contribution in [3.63, 3.8) is 0 Å². The Morgan fingerprint density at radius 3 is 2.93 bits per heavy atom. The maximum atomic E-state index is 11.6. The molecular formula is C11H14N2O2. The highest BCUT2D eigenvalue weighted by atomic mass is 16.4. The van der Waals surface area contributed by atoms with Crippen molar-refractivity contribution >= 4 is 11.1 Å². The summed E-state index contributed by atoms with van der Waals surface area (Å²) in [6.45, 7) is 2.64. The summed E-state index contributed by atoms with van der Waals surface area (Å²) in [5.74, 6) is -0.293. The van der Waals surface area contributed by atoms with Crippen LogP contribution in [-0.4, -0.2) is 17.7 Å². The number of para-hydroxylation sites is 2. The normalized spacial score (nSPS) is 13.2. The first-order chi connectivity index (χ1) is 7.22. The summed E-state index contributed by atoms with van der Waals surface area (Å²) in [6, 6.07) is 7.69. The van der Waals surface area contributed by atoms with Crippen molar-refractivity contribution in [1.82, 2.24) is 9.88 Å². The number of fused-ring (bicyclic) bond motifs is 1. The van der Waals surface area contributed by atoms with E-state index in [1.165, 1.54) is 0 Å². The third-order valence-electron chi connectivity index (χ3n) is 2.52. The van der Waals surface area contributed by atoms with Crippen LogP contribution in [0.1, 0.15) is 6.92 Å². The summed E-state index contributed by atoms with van der Waals surface area (Å²) in [4.78, 5) is 11.6. The zero-order valence-electron chi connectivity index (χ0n) is 8.86. The first-order valence-corrected chi connectivity index (χ1v) is 4.98. The van der Waals surface area contributed by atoms with Crippen LogP contribution in [-0.2, 0) is 6.54 Å². The molecule has 0 bridgehead atoms. The van der Waals surface area contributed by atoms with Gasteiger partial charge in [-0.3, -0.25) is 4.57 Å². The zero-order valence-corrected chi connectivity index (χ0v) is 8.86. The zero-order chi connectivity index (χ0) is 10.8. The van der Waals surface area contributed by atoms with Gasteiger partial charge in [-0.15, -0.1) is 0 Å². The standard InChI is InChI=1S/C11H14N2O2/c1-8(12-2)7-13-9-5-3-4-6-10(9)15-11(13)14/h3-6,8,12H,7H2,1-2H3. The topological polar surface area (TPSA) is 47.2 Å². The van der Waals surface area contributed by atoms with Crippen molar-refractivity contribution in [1.29, 1.82) is 0 Å². The second kappa shape index (κ2) is 3.90. The Hall–Kier alpha value is -1.55. The maximum absolute atomic E-state index is 11.6. The molecule has 15 heavy (non-hydrogen) atoms. The Bertz CT molecular complexity index is 513. The fraction of sp³-hybridized carbons (Fsp3) is 0.364. The number of oxazole rings is 1. The highest BCUT2D eigenvalue weighted by Crippen LogP contribution is 2.11. The summed E-state index contributed by atoms with van der Waals surface area (Å²) in [5.41, 5.74) is 1.50. The largest absolute Gasteiger partial charge is 0.420 e. The van der Waals surface area contributed by atoms with Crippen molar-refractivity contribution in [2.45, 2.75) is 19.5 Å². The number of benzene rings is 1. The summed E-state index contributed by atoms with van der Waals surface area (Å²) < 4.78 is 6.77. The molecule has 0 amide bonds. The van der Waals surface area contributed by atoms with Gasteiger partial charge >= 0.3 is 5.76 Å². The van der Waals surface area contributed by atoms with E-state index >= 15 is 0 Å². The highest BCUT2D eigenvalue weighted by molar-refractivity contribution is 5.72. The Kier molecular flexibility index (Phi) is 2.60. The SMILES string of the molecule is CNC(C)Cn1c(=O)oc2ccccc21. The Morgan fingerprint density at radius 2 is 2.20 bits per heavy atom. The van der Waals surface area contributed by atoms with Gasteiger partial charge in [0.05, 0.1) is 5.52 Å². The van der Waals surface area contributed by atoms with Crippen molar-refractivity contribution in [3.8, 4) is 0 Å². The minimum atomic E-state index is -0.293. The smallest absolute Gasteiger partial charge is 0.408 e. The first-order valence-electron chi connectivity index (χ1n) is 4.98. The van der Waals surface area contributed by atoms with Gasteiger partial charge in [0.15, 0.2) is 5.58 Å². The van der Waals surface area contributed by atoms with Gasteiger partial charge in [-0.25, -0.2) is 4.79 Å². The Morgan fingerprint density at radius 1 is 1.47 bits per heavy atom. The molecule has 0 radical (unpaired) electrons. The molecule has 1 unspecified atom stereocenters. The lowest BCUT2D eigenvalue weighted by atomic mass is 10.3. The van der Waals surface area contributed by atoms with E-state index in [2.05, 4.69) is 5.32 Å². The van der Waals surface area contributed by atoms with Gasteiger partial charge in [-0.1, -0.05) is 12.1 Å². The molecule has 2 aromatic rings. The van der Waals surface area contributed by atoms with Crippen molar-refractivity contribution in [2.75, 3.05) is 7.05 Å². The van der Waals surface area contributed by atoms with E-state index in [0.29, 0.717) is 12.1 Å². The summed E-state index contributed by atoms with van der Waals surface area (Å²) >= 11 is 0. The van der Waals surface area contributed by atoms with Crippen LogP contribution < -0.4 is 11.1 Å². The van der Waals surface area contributed by atoms with Crippen LogP contribution in [0.5, 0.6) is 0 Å². The average molecular weight is 206 g/mol. The second-order valence-electron chi connectivity index (χ2n) is 3.64. The molecule has 0 aliphatic carbocycles. The van der Waals surface area contributed by atoms with E-state index in [-0.39, 0.29) is 11.8 Å². The third-order valence-corrected chi connectivity index (χ3v) is 2.52. The lowest BCUT2D eigenvalue weighted by Gasteiger charge is -2.09. The highest BCUT2D eigenvalue weighted by Gasteiger charge is 2.10. The molecule has 0 spiro atoms. The lowest BCUT2D eigenvalue weighted by Crippen LogP contribution is -2.30. The van der Waals surface area contributed by atoms with Crippen molar-refractivity contribution in [2.24, 2.45) is 0 Å². The number of likely N-dealkylation sites (N-methyl/N-ethyl adjacent to an activating group) is 1. The van der Waals surface area contributed by atoms with Gasteiger partial charge in [0.25, 0.3) is 0 Å². The van der Waals surface area contributed by atoms with E-state index in [0.717, 1.165) is 5.52 Å². The number of hydrogen-bond acceptors (Lipinski definition) is 3. The molecule has 4 nitrogen and oxygen atoms in total. The van der Waals surface area contributed by atoms with Crippen molar-refractivity contribution < 1.29 is 4.42 Å². The maximum Gasteiger partial charge on any atom is 0.420 e. The van der Waals surface area contributed by atoms with Crippen molar-refractivity contribution in [3.05, 3.63) is 34.8 Å². The molecule has 0 fully saturated rings. The van der Waals surface area contributed by atoms with E-state index in [9.17, 15) is 4.79 Å². The number of nitrogens with zero attached hydrogens (tertiary/aromatic N) is 1. The summed E-state index contributed by atoms with van der Waals surface area (Å²) in [7, 11) is 1.87. The summed E-state index contributed by atoms with van der Waals surface area (Å²) in [5, 5.41) is 3.09. The molecule has 1 aromatic heterocycles. The van der Waals surface area contributed by atoms with Crippen LogP contribution in [0.3, 0.4) is 0 Å². The fourth-order valence-corrected chi connectivity index (χ4v) is 1.55. The second-order valence-corrected chi connectivity index (χ2v) is 3.64.